The molecule has 2 aromatic carbocycles. The smallest absolute Gasteiger partial charge is 0.332 e. The Morgan fingerprint density at radius 2 is 1.77 bits per heavy atom. The van der Waals surface area contributed by atoms with E-state index in [1.807, 2.05) is 24.3 Å². The number of carboxylic acids is 1. The summed E-state index contributed by atoms with van der Waals surface area (Å²) in [4.78, 5) is 15.7. The first-order valence-corrected chi connectivity index (χ1v) is 10.9. The topological polar surface area (TPSA) is 107 Å². The van der Waals surface area contributed by atoms with Crippen molar-refractivity contribution in [2.24, 2.45) is 4.99 Å². The highest BCUT2D eigenvalue weighted by atomic mass is 32.2. The third-order valence-electron chi connectivity index (χ3n) is 4.76. The van der Waals surface area contributed by atoms with Gasteiger partial charge in [-0.05, 0) is 42.0 Å². The van der Waals surface area contributed by atoms with Gasteiger partial charge in [-0.1, -0.05) is 6.07 Å². The molecule has 1 aliphatic heterocycles. The molecule has 0 aliphatic carbocycles. The zero-order valence-electron chi connectivity index (χ0n) is 17.6. The van der Waals surface area contributed by atoms with Crippen LogP contribution in [0.25, 0.3) is 10.8 Å². The fraction of sp³-hybridized carbons (Fsp3) is 0.455. The van der Waals surface area contributed by atoms with Crippen molar-refractivity contribution < 1.29 is 34.0 Å². The first-order chi connectivity index (χ1) is 14.9. The Hall–Kier alpha value is -2.33. The Bertz CT molecular complexity index is 949. The molecule has 0 amide bonds. The van der Waals surface area contributed by atoms with Crippen LogP contribution in [0.5, 0.6) is 11.5 Å². The number of aromatic hydroxyl groups is 1. The summed E-state index contributed by atoms with van der Waals surface area (Å²) in [5, 5.41) is 22.1. The van der Waals surface area contributed by atoms with Crippen molar-refractivity contribution in [3.05, 3.63) is 35.9 Å². The van der Waals surface area contributed by atoms with E-state index in [0.29, 0.717) is 61.8 Å². The fourth-order valence-corrected chi connectivity index (χ4v) is 4.14. The Balaban J connectivity index is 1.56. The van der Waals surface area contributed by atoms with Gasteiger partial charge in [0.2, 0.25) is 0 Å². The average molecular weight is 450 g/mol. The molecule has 2 N–H and O–H groups in total. The molecule has 1 heterocycles. The van der Waals surface area contributed by atoms with Gasteiger partial charge < -0.3 is 29.2 Å². The van der Waals surface area contributed by atoms with Gasteiger partial charge in [0.1, 0.15) is 23.1 Å². The molecule has 168 valence electrons. The normalized spacial score (nSPS) is 18.3. The lowest BCUT2D eigenvalue weighted by Crippen LogP contribution is -2.33. The van der Waals surface area contributed by atoms with E-state index in [-0.39, 0.29) is 5.75 Å². The van der Waals surface area contributed by atoms with Crippen molar-refractivity contribution in [1.82, 2.24) is 0 Å². The highest BCUT2D eigenvalue weighted by molar-refractivity contribution is 8.14. The molecule has 0 spiro atoms. The zero-order chi connectivity index (χ0) is 22.3. The highest BCUT2D eigenvalue weighted by Crippen LogP contribution is 2.36. The molecule has 0 bridgehead atoms. The minimum absolute atomic E-state index is 0.0577. The van der Waals surface area contributed by atoms with Crippen LogP contribution in [0.3, 0.4) is 0 Å². The molecule has 1 atom stereocenters. The van der Waals surface area contributed by atoms with Crippen molar-refractivity contribution in [2.75, 3.05) is 52.5 Å². The van der Waals surface area contributed by atoms with Crippen LogP contribution in [0.4, 0.5) is 0 Å². The van der Waals surface area contributed by atoms with Crippen molar-refractivity contribution in [3.8, 4) is 11.5 Å². The minimum atomic E-state index is -1.17. The number of phenolic OH excluding ortho intramolecular Hbond substituents is 1. The van der Waals surface area contributed by atoms with E-state index in [9.17, 15) is 15.0 Å². The number of carboxylic acid groups (broad SMARTS) is 1. The third kappa shape index (κ3) is 6.10. The maximum absolute atomic E-state index is 11.4. The van der Waals surface area contributed by atoms with Gasteiger partial charge in [0.25, 0.3) is 0 Å². The minimum Gasteiger partial charge on any atom is -0.507 e. The number of hydrogen-bond acceptors (Lipinski definition) is 8. The molecular weight excluding hydrogens is 422 g/mol. The van der Waals surface area contributed by atoms with Gasteiger partial charge in [0.15, 0.2) is 5.54 Å². The van der Waals surface area contributed by atoms with Crippen LogP contribution in [-0.2, 0) is 19.0 Å². The molecule has 31 heavy (non-hydrogen) atoms. The van der Waals surface area contributed by atoms with Gasteiger partial charge in [0, 0.05) is 18.4 Å². The monoisotopic (exact) mass is 449 g/mol. The second-order valence-corrected chi connectivity index (χ2v) is 8.19. The number of aliphatic imine (C=N–C) groups is 1. The highest BCUT2D eigenvalue weighted by Gasteiger charge is 2.39. The van der Waals surface area contributed by atoms with Crippen molar-refractivity contribution >= 4 is 33.5 Å². The first-order valence-electron chi connectivity index (χ1n) is 9.93. The van der Waals surface area contributed by atoms with E-state index in [1.165, 1.54) is 11.8 Å². The summed E-state index contributed by atoms with van der Waals surface area (Å²) >= 11 is 1.33. The SMILES string of the molecule is COCCOCCOCCOc1ccc2cc(C3=N[C@@](C)(C(=O)O)CS3)c(O)cc2c1. The molecule has 8 nitrogen and oxygen atoms in total. The Kier molecular flexibility index (Phi) is 8.14. The van der Waals surface area contributed by atoms with Crippen LogP contribution >= 0.6 is 11.8 Å². The van der Waals surface area contributed by atoms with Gasteiger partial charge in [-0.15, -0.1) is 11.8 Å². The lowest BCUT2D eigenvalue weighted by atomic mass is 10.0. The van der Waals surface area contributed by atoms with E-state index < -0.39 is 11.5 Å². The molecular formula is C22H27NO7S. The number of phenols is 1. The molecule has 0 fully saturated rings. The molecule has 0 radical (unpaired) electrons. The maximum atomic E-state index is 11.4. The molecule has 0 aromatic heterocycles. The van der Waals surface area contributed by atoms with E-state index >= 15 is 0 Å². The average Bonchev–Trinajstić information content (AvgIpc) is 3.15. The van der Waals surface area contributed by atoms with Crippen molar-refractivity contribution in [2.45, 2.75) is 12.5 Å². The van der Waals surface area contributed by atoms with Crippen LogP contribution < -0.4 is 4.74 Å². The van der Waals surface area contributed by atoms with Crippen LogP contribution in [-0.4, -0.2) is 79.3 Å². The van der Waals surface area contributed by atoms with Crippen LogP contribution in [0.15, 0.2) is 35.3 Å². The number of hydrogen-bond donors (Lipinski definition) is 2. The lowest BCUT2D eigenvalue weighted by molar-refractivity contribution is -0.141. The number of rotatable bonds is 12. The quantitative estimate of drug-likeness (QED) is 0.477. The second-order valence-electron chi connectivity index (χ2n) is 7.23. The largest absolute Gasteiger partial charge is 0.507 e. The number of benzene rings is 2. The van der Waals surface area contributed by atoms with Gasteiger partial charge in [-0.3, -0.25) is 4.99 Å². The van der Waals surface area contributed by atoms with Gasteiger partial charge in [-0.25, -0.2) is 4.79 Å². The summed E-state index contributed by atoms with van der Waals surface area (Å²) < 4.78 is 21.4. The summed E-state index contributed by atoms with van der Waals surface area (Å²) in [5.41, 5.74) is -0.630. The predicted octanol–water partition coefficient (Wildman–Crippen LogP) is 2.94. The number of aliphatic carboxylic acids is 1. The standard InChI is InChI=1S/C22H27NO7S/c1-22(21(25)26)14-31-20(23-22)18-12-15-3-4-17(11-16(15)13-19(18)24)30-10-9-29-8-7-28-6-5-27-2/h3-4,11-13,24H,5-10,14H2,1-2H3,(H,25,26)/t22-/m1/s1. The lowest BCUT2D eigenvalue weighted by Gasteiger charge is -2.12. The molecule has 0 saturated heterocycles. The maximum Gasteiger partial charge on any atom is 0.332 e. The molecule has 2 aromatic rings. The van der Waals surface area contributed by atoms with Crippen molar-refractivity contribution in [1.29, 1.82) is 0 Å². The second kappa shape index (κ2) is 10.8. The van der Waals surface area contributed by atoms with Gasteiger partial charge in [0.05, 0.1) is 33.0 Å². The number of thioether (sulfide) groups is 1. The van der Waals surface area contributed by atoms with Crippen LogP contribution in [0.2, 0.25) is 0 Å². The van der Waals surface area contributed by atoms with Gasteiger partial charge in [-0.2, -0.15) is 0 Å². The Labute approximate surface area is 185 Å². The van der Waals surface area contributed by atoms with Crippen molar-refractivity contribution in [3.63, 3.8) is 0 Å². The van der Waals surface area contributed by atoms with Crippen LogP contribution in [0.1, 0.15) is 12.5 Å². The van der Waals surface area contributed by atoms with E-state index in [0.717, 1.165) is 10.8 Å². The summed E-state index contributed by atoms with van der Waals surface area (Å²) in [6.07, 6.45) is 0. The Morgan fingerprint density at radius 1 is 1.06 bits per heavy atom. The number of nitrogens with zero attached hydrogens (tertiary/aromatic N) is 1. The molecule has 0 saturated carbocycles. The number of methoxy groups -OCH3 is 1. The summed E-state index contributed by atoms with van der Waals surface area (Å²) in [7, 11) is 1.63. The zero-order valence-corrected chi connectivity index (χ0v) is 18.4. The summed E-state index contributed by atoms with van der Waals surface area (Å²) in [6.45, 7) is 4.53. The molecule has 9 heteroatoms. The summed E-state index contributed by atoms with van der Waals surface area (Å²) in [5.74, 6) is 0.0937. The number of ether oxygens (including phenoxy) is 4. The summed E-state index contributed by atoms with van der Waals surface area (Å²) in [6, 6.07) is 9.06. The molecule has 3 rings (SSSR count). The fourth-order valence-electron chi connectivity index (χ4n) is 2.95. The van der Waals surface area contributed by atoms with Crippen LogP contribution in [0, 0.1) is 0 Å². The first kappa shape index (κ1) is 23.3. The molecule has 0 unspecified atom stereocenters. The van der Waals surface area contributed by atoms with E-state index in [2.05, 4.69) is 4.99 Å². The Morgan fingerprint density at radius 3 is 2.45 bits per heavy atom. The van der Waals surface area contributed by atoms with E-state index in [4.69, 9.17) is 18.9 Å². The number of carbonyl (C=O) groups is 1. The van der Waals surface area contributed by atoms with E-state index in [1.54, 1.807) is 20.1 Å². The number of fused-ring (bicyclic) bond motifs is 1. The predicted molar refractivity (Wildman–Crippen MR) is 120 cm³/mol. The third-order valence-corrected chi connectivity index (χ3v) is 6.05. The van der Waals surface area contributed by atoms with Gasteiger partial charge >= 0.3 is 5.97 Å². The molecule has 1 aliphatic rings.